The van der Waals surface area contributed by atoms with Crippen LogP contribution in [0.2, 0.25) is 0 Å². The monoisotopic (exact) mass is 423 g/mol. The van der Waals surface area contributed by atoms with Crippen molar-refractivity contribution in [3.8, 4) is 5.75 Å². The molecule has 1 aliphatic rings. The molecule has 7 nitrogen and oxygen atoms in total. The summed E-state index contributed by atoms with van der Waals surface area (Å²) < 4.78 is 5.64. The number of rotatable bonds is 9. The smallest absolute Gasteiger partial charge is 0.325 e. The number of para-hydroxylation sites is 2. The van der Waals surface area contributed by atoms with E-state index in [9.17, 15) is 14.4 Å². The minimum Gasteiger partial charge on any atom is -0.491 e. The summed E-state index contributed by atoms with van der Waals surface area (Å²) in [5.74, 6) is -0.378. The molecule has 1 atom stereocenters. The Morgan fingerprint density at radius 3 is 2.45 bits per heavy atom. The van der Waals surface area contributed by atoms with Gasteiger partial charge in [0.15, 0.2) is 0 Å². The van der Waals surface area contributed by atoms with Gasteiger partial charge in [0.25, 0.3) is 5.91 Å². The van der Waals surface area contributed by atoms with Crippen LogP contribution in [-0.2, 0) is 21.5 Å². The lowest BCUT2D eigenvalue weighted by Gasteiger charge is -2.22. The van der Waals surface area contributed by atoms with Crippen LogP contribution in [0.1, 0.15) is 44.7 Å². The van der Waals surface area contributed by atoms with Gasteiger partial charge in [-0.15, -0.1) is 0 Å². The number of carbonyl (C=O) groups excluding carboxylic acids is 3. The zero-order valence-corrected chi connectivity index (χ0v) is 18.2. The zero-order valence-electron chi connectivity index (χ0n) is 18.2. The van der Waals surface area contributed by atoms with Gasteiger partial charge in [0.2, 0.25) is 5.91 Å². The molecule has 0 aliphatic carbocycles. The number of imide groups is 1. The number of ether oxygens (including phenoxy) is 1. The summed E-state index contributed by atoms with van der Waals surface area (Å²) in [6.07, 6.45) is 2.82. The van der Waals surface area contributed by atoms with Gasteiger partial charge in [-0.25, -0.2) is 4.79 Å². The van der Waals surface area contributed by atoms with E-state index in [1.54, 1.807) is 25.1 Å². The largest absolute Gasteiger partial charge is 0.491 e. The lowest BCUT2D eigenvalue weighted by molar-refractivity contribution is -0.133. The van der Waals surface area contributed by atoms with Gasteiger partial charge in [0, 0.05) is 0 Å². The fourth-order valence-electron chi connectivity index (χ4n) is 3.57. The summed E-state index contributed by atoms with van der Waals surface area (Å²) in [6.45, 7) is 5.90. The summed E-state index contributed by atoms with van der Waals surface area (Å²) in [7, 11) is 0. The van der Waals surface area contributed by atoms with Crippen molar-refractivity contribution < 1.29 is 19.1 Å². The van der Waals surface area contributed by atoms with Crippen molar-refractivity contribution in [2.45, 2.75) is 45.6 Å². The fraction of sp³-hybridized carbons (Fsp3) is 0.375. The molecule has 7 heteroatoms. The van der Waals surface area contributed by atoms with Gasteiger partial charge in [-0.05, 0) is 43.0 Å². The molecule has 1 heterocycles. The number of aryl methyl sites for hydroxylation is 1. The van der Waals surface area contributed by atoms with Gasteiger partial charge in [0.1, 0.15) is 17.8 Å². The van der Waals surface area contributed by atoms with Crippen molar-refractivity contribution in [2.75, 3.05) is 18.5 Å². The highest BCUT2D eigenvalue weighted by Gasteiger charge is 2.49. The number of nitrogens with zero attached hydrogens (tertiary/aromatic N) is 1. The summed E-state index contributed by atoms with van der Waals surface area (Å²) >= 11 is 0. The predicted molar refractivity (Wildman–Crippen MR) is 119 cm³/mol. The van der Waals surface area contributed by atoms with E-state index in [0.29, 0.717) is 23.6 Å². The maximum atomic E-state index is 13.1. The maximum Gasteiger partial charge on any atom is 0.325 e. The lowest BCUT2D eigenvalue weighted by Crippen LogP contribution is -2.42. The van der Waals surface area contributed by atoms with Crippen LogP contribution in [0, 0.1) is 0 Å². The molecule has 4 amide bonds. The van der Waals surface area contributed by atoms with Crippen LogP contribution in [0.3, 0.4) is 0 Å². The fourth-order valence-corrected chi connectivity index (χ4v) is 3.57. The Hall–Kier alpha value is -3.35. The van der Waals surface area contributed by atoms with Gasteiger partial charge in [-0.2, -0.15) is 0 Å². The number of anilines is 1. The minimum atomic E-state index is -1.20. The van der Waals surface area contributed by atoms with E-state index in [1.165, 1.54) is 5.56 Å². The molecule has 1 unspecified atom stereocenters. The van der Waals surface area contributed by atoms with E-state index in [1.807, 2.05) is 37.3 Å². The summed E-state index contributed by atoms with van der Waals surface area (Å²) in [5.41, 5.74) is 1.16. The molecule has 0 saturated carbocycles. The van der Waals surface area contributed by atoms with Gasteiger partial charge in [0.05, 0.1) is 12.3 Å². The molecular formula is C24H29N3O4. The maximum absolute atomic E-state index is 13.1. The van der Waals surface area contributed by atoms with Gasteiger partial charge < -0.3 is 15.4 Å². The van der Waals surface area contributed by atoms with E-state index in [4.69, 9.17) is 4.74 Å². The Morgan fingerprint density at radius 1 is 1.06 bits per heavy atom. The minimum absolute atomic E-state index is 0.379. The topological polar surface area (TPSA) is 87.7 Å². The second-order valence-corrected chi connectivity index (χ2v) is 7.79. The first-order valence-electron chi connectivity index (χ1n) is 10.6. The second kappa shape index (κ2) is 9.64. The van der Waals surface area contributed by atoms with Crippen molar-refractivity contribution in [1.29, 1.82) is 0 Å². The third-order valence-corrected chi connectivity index (χ3v) is 5.27. The van der Waals surface area contributed by atoms with Crippen LogP contribution in [0.4, 0.5) is 10.5 Å². The number of amides is 4. The molecular weight excluding hydrogens is 394 g/mol. The summed E-state index contributed by atoms with van der Waals surface area (Å²) in [5, 5.41) is 5.48. The predicted octanol–water partition coefficient (Wildman–Crippen LogP) is 3.83. The quantitative estimate of drug-likeness (QED) is 0.600. The number of carbonyl (C=O) groups is 3. The standard InChI is InChI=1S/C24H29N3O4/c1-4-8-17-11-13-18(14-12-17)24(3)22(29)27(23(30)26-24)16-21(28)25-19-9-6-7-10-20(19)31-15-5-2/h6-7,9-14H,4-5,8,15-16H2,1-3H3,(H,25,28)(H,26,30). The molecule has 0 spiro atoms. The number of nitrogens with one attached hydrogen (secondary N) is 2. The van der Waals surface area contributed by atoms with Crippen LogP contribution < -0.4 is 15.4 Å². The molecule has 0 aromatic heterocycles. The highest BCUT2D eigenvalue weighted by atomic mass is 16.5. The number of hydrogen-bond acceptors (Lipinski definition) is 4. The van der Waals surface area contributed by atoms with Crippen LogP contribution in [0.25, 0.3) is 0 Å². The average Bonchev–Trinajstić information content (AvgIpc) is 2.97. The molecule has 31 heavy (non-hydrogen) atoms. The Morgan fingerprint density at radius 2 is 1.77 bits per heavy atom. The molecule has 164 valence electrons. The summed E-state index contributed by atoms with van der Waals surface area (Å²) in [4.78, 5) is 39.2. The molecule has 2 aromatic rings. The highest BCUT2D eigenvalue weighted by Crippen LogP contribution is 2.29. The molecule has 3 rings (SSSR count). The third-order valence-electron chi connectivity index (χ3n) is 5.27. The van der Waals surface area contributed by atoms with Crippen molar-refractivity contribution in [3.63, 3.8) is 0 Å². The third kappa shape index (κ3) is 4.87. The second-order valence-electron chi connectivity index (χ2n) is 7.79. The molecule has 2 N–H and O–H groups in total. The van der Waals surface area contributed by atoms with Crippen LogP contribution in [-0.4, -0.2) is 35.9 Å². The Bertz CT molecular complexity index is 958. The number of hydrogen-bond donors (Lipinski definition) is 2. The van der Waals surface area contributed by atoms with Gasteiger partial charge in [-0.3, -0.25) is 14.5 Å². The van der Waals surface area contributed by atoms with E-state index < -0.39 is 23.4 Å². The summed E-state index contributed by atoms with van der Waals surface area (Å²) in [6, 6.07) is 14.1. The normalized spacial score (nSPS) is 18.1. The Kier molecular flexibility index (Phi) is 6.95. The molecule has 1 fully saturated rings. The zero-order chi connectivity index (χ0) is 22.4. The first kappa shape index (κ1) is 22.3. The molecule has 1 saturated heterocycles. The Labute approximate surface area is 182 Å². The SMILES string of the molecule is CCCOc1ccccc1NC(=O)CN1C(=O)NC(C)(c2ccc(CCC)cc2)C1=O. The molecule has 0 radical (unpaired) electrons. The van der Waals surface area contributed by atoms with E-state index in [0.717, 1.165) is 24.2 Å². The Balaban J connectivity index is 1.71. The van der Waals surface area contributed by atoms with Crippen molar-refractivity contribution in [1.82, 2.24) is 10.2 Å². The van der Waals surface area contributed by atoms with Crippen LogP contribution in [0.5, 0.6) is 5.75 Å². The number of urea groups is 1. The van der Waals surface area contributed by atoms with Gasteiger partial charge in [-0.1, -0.05) is 56.7 Å². The first-order chi connectivity index (χ1) is 14.9. The van der Waals surface area contributed by atoms with Crippen molar-refractivity contribution in [3.05, 3.63) is 59.7 Å². The highest BCUT2D eigenvalue weighted by molar-refractivity contribution is 6.10. The molecule has 0 bridgehead atoms. The van der Waals surface area contributed by atoms with Crippen molar-refractivity contribution in [2.24, 2.45) is 0 Å². The van der Waals surface area contributed by atoms with Crippen LogP contribution in [0.15, 0.2) is 48.5 Å². The molecule has 2 aromatic carbocycles. The van der Waals surface area contributed by atoms with Crippen molar-refractivity contribution >= 4 is 23.5 Å². The lowest BCUT2D eigenvalue weighted by atomic mass is 9.91. The van der Waals surface area contributed by atoms with E-state index in [-0.39, 0.29) is 6.54 Å². The van der Waals surface area contributed by atoms with E-state index >= 15 is 0 Å². The first-order valence-corrected chi connectivity index (χ1v) is 10.6. The average molecular weight is 424 g/mol. The molecule has 1 aliphatic heterocycles. The number of benzene rings is 2. The van der Waals surface area contributed by atoms with Crippen LogP contribution >= 0.6 is 0 Å². The van der Waals surface area contributed by atoms with E-state index in [2.05, 4.69) is 17.6 Å². The van der Waals surface area contributed by atoms with Gasteiger partial charge >= 0.3 is 6.03 Å².